The minimum absolute atomic E-state index is 0.661. The Labute approximate surface area is 127 Å². The molecule has 3 heteroatoms. The number of hydrogen-bond acceptors (Lipinski definition) is 1. The van der Waals surface area contributed by atoms with Crippen LogP contribution in [0.2, 0.25) is 10.0 Å². The number of nitrogens with zero attached hydrogens (tertiary/aromatic N) is 1. The molecule has 0 unspecified atom stereocenters. The number of pyridine rings is 1. The molecule has 0 aliphatic heterocycles. The fourth-order valence-corrected chi connectivity index (χ4v) is 2.45. The summed E-state index contributed by atoms with van der Waals surface area (Å²) >= 11 is 12.2. The second-order valence-corrected chi connectivity index (χ2v) is 5.31. The zero-order valence-electron chi connectivity index (χ0n) is 10.6. The minimum atomic E-state index is 0.661. The van der Waals surface area contributed by atoms with Gasteiger partial charge in [-0.2, -0.15) is 0 Å². The highest BCUT2D eigenvalue weighted by atomic mass is 35.5. The van der Waals surface area contributed by atoms with Crippen molar-refractivity contribution >= 4 is 23.2 Å². The van der Waals surface area contributed by atoms with E-state index in [-0.39, 0.29) is 0 Å². The molecule has 0 bridgehead atoms. The van der Waals surface area contributed by atoms with Gasteiger partial charge in [0.1, 0.15) is 0 Å². The summed E-state index contributed by atoms with van der Waals surface area (Å²) in [4.78, 5) is 4.67. The van der Waals surface area contributed by atoms with E-state index in [1.165, 1.54) is 0 Å². The van der Waals surface area contributed by atoms with Crippen molar-refractivity contribution in [3.8, 4) is 22.5 Å². The Morgan fingerprint density at radius 3 is 1.95 bits per heavy atom. The van der Waals surface area contributed by atoms with Gasteiger partial charge in [0.2, 0.25) is 0 Å². The molecular formula is C17H11Cl2N. The lowest BCUT2D eigenvalue weighted by Crippen LogP contribution is -1.88. The molecule has 1 nitrogen and oxygen atoms in total. The van der Waals surface area contributed by atoms with Crippen LogP contribution in [0, 0.1) is 0 Å². The van der Waals surface area contributed by atoms with Gasteiger partial charge in [0, 0.05) is 21.2 Å². The van der Waals surface area contributed by atoms with Crippen LogP contribution in [0.4, 0.5) is 0 Å². The van der Waals surface area contributed by atoms with E-state index < -0.39 is 0 Å². The molecule has 3 rings (SSSR count). The van der Waals surface area contributed by atoms with Crippen LogP contribution in [0.25, 0.3) is 22.5 Å². The molecular weight excluding hydrogens is 289 g/mol. The summed E-state index contributed by atoms with van der Waals surface area (Å²) in [7, 11) is 0. The smallest absolute Gasteiger partial charge is 0.0724 e. The van der Waals surface area contributed by atoms with Crippen molar-refractivity contribution in [2.24, 2.45) is 0 Å². The lowest BCUT2D eigenvalue weighted by molar-refractivity contribution is 1.32. The van der Waals surface area contributed by atoms with Crippen LogP contribution >= 0.6 is 23.2 Å². The van der Waals surface area contributed by atoms with Crippen LogP contribution in [0.15, 0.2) is 66.7 Å². The first kappa shape index (κ1) is 13.2. The molecule has 0 aliphatic rings. The van der Waals surface area contributed by atoms with Gasteiger partial charge in [0.05, 0.1) is 11.4 Å². The first-order chi connectivity index (χ1) is 9.72. The van der Waals surface area contributed by atoms with Crippen LogP contribution in [-0.2, 0) is 0 Å². The zero-order valence-corrected chi connectivity index (χ0v) is 12.1. The normalized spacial score (nSPS) is 10.5. The van der Waals surface area contributed by atoms with E-state index >= 15 is 0 Å². The first-order valence-corrected chi connectivity index (χ1v) is 6.97. The Bertz CT molecular complexity index is 739. The number of benzene rings is 2. The monoisotopic (exact) mass is 299 g/mol. The molecule has 0 aliphatic carbocycles. The molecule has 0 saturated carbocycles. The van der Waals surface area contributed by atoms with Gasteiger partial charge in [-0.3, -0.25) is 0 Å². The third-order valence-corrected chi connectivity index (χ3v) is 3.43. The Kier molecular flexibility index (Phi) is 3.72. The Morgan fingerprint density at radius 1 is 0.600 bits per heavy atom. The maximum Gasteiger partial charge on any atom is 0.0724 e. The van der Waals surface area contributed by atoms with Crippen LogP contribution in [0.1, 0.15) is 0 Å². The van der Waals surface area contributed by atoms with Gasteiger partial charge in [-0.05, 0) is 24.3 Å². The zero-order chi connectivity index (χ0) is 13.9. The topological polar surface area (TPSA) is 12.9 Å². The van der Waals surface area contributed by atoms with Crippen LogP contribution in [-0.4, -0.2) is 4.98 Å². The van der Waals surface area contributed by atoms with Crippen molar-refractivity contribution in [2.45, 2.75) is 0 Å². The van der Waals surface area contributed by atoms with Crippen molar-refractivity contribution in [1.82, 2.24) is 4.98 Å². The maximum absolute atomic E-state index is 6.22. The predicted molar refractivity (Wildman–Crippen MR) is 85.1 cm³/mol. The summed E-state index contributed by atoms with van der Waals surface area (Å²) in [5.41, 5.74) is 3.67. The molecule has 98 valence electrons. The number of rotatable bonds is 2. The van der Waals surface area contributed by atoms with Gasteiger partial charge >= 0.3 is 0 Å². The Morgan fingerprint density at radius 2 is 1.25 bits per heavy atom. The average molecular weight is 300 g/mol. The molecule has 0 atom stereocenters. The summed E-state index contributed by atoms with van der Waals surface area (Å²) in [6.45, 7) is 0. The molecule has 0 N–H and O–H groups in total. The van der Waals surface area contributed by atoms with Gasteiger partial charge in [0.25, 0.3) is 0 Å². The van der Waals surface area contributed by atoms with E-state index in [1.807, 2.05) is 66.7 Å². The number of aromatic nitrogens is 1. The minimum Gasteiger partial charge on any atom is -0.248 e. The van der Waals surface area contributed by atoms with Crippen molar-refractivity contribution in [3.63, 3.8) is 0 Å². The third-order valence-electron chi connectivity index (χ3n) is 2.98. The summed E-state index contributed by atoms with van der Waals surface area (Å²) in [6.07, 6.45) is 0. The molecule has 0 saturated heterocycles. The van der Waals surface area contributed by atoms with Crippen LogP contribution < -0.4 is 0 Å². The highest BCUT2D eigenvalue weighted by molar-refractivity contribution is 6.31. The van der Waals surface area contributed by atoms with Crippen LogP contribution in [0.3, 0.4) is 0 Å². The van der Waals surface area contributed by atoms with E-state index in [0.29, 0.717) is 10.0 Å². The molecule has 0 radical (unpaired) electrons. The summed E-state index contributed by atoms with van der Waals surface area (Å²) in [5.74, 6) is 0. The Hall–Kier alpha value is -1.83. The SMILES string of the molecule is Clc1cccc(-c2cc(Cl)cc(-c3ccccc3)n2)c1. The Balaban J connectivity index is 2.12. The molecule has 20 heavy (non-hydrogen) atoms. The third kappa shape index (κ3) is 2.84. The standard InChI is InChI=1S/C17H11Cl2N/c18-14-8-4-7-13(9-14)17-11-15(19)10-16(20-17)12-5-2-1-3-6-12/h1-11H. The largest absolute Gasteiger partial charge is 0.248 e. The quantitative estimate of drug-likeness (QED) is 0.589. The van der Waals surface area contributed by atoms with E-state index in [1.54, 1.807) is 0 Å². The van der Waals surface area contributed by atoms with Gasteiger partial charge < -0.3 is 0 Å². The average Bonchev–Trinajstić information content (AvgIpc) is 2.47. The molecule has 1 aromatic heterocycles. The summed E-state index contributed by atoms with van der Waals surface area (Å²) in [6, 6.07) is 21.3. The molecule has 3 aromatic rings. The maximum atomic E-state index is 6.22. The van der Waals surface area contributed by atoms with Crippen molar-refractivity contribution < 1.29 is 0 Å². The fraction of sp³-hybridized carbons (Fsp3) is 0. The van der Waals surface area contributed by atoms with Crippen molar-refractivity contribution in [2.75, 3.05) is 0 Å². The second-order valence-electron chi connectivity index (χ2n) is 4.43. The fourth-order valence-electron chi connectivity index (χ4n) is 2.05. The number of hydrogen-bond donors (Lipinski definition) is 0. The van der Waals surface area contributed by atoms with E-state index in [4.69, 9.17) is 23.2 Å². The lowest BCUT2D eigenvalue weighted by atomic mass is 10.1. The van der Waals surface area contributed by atoms with E-state index in [2.05, 4.69) is 4.98 Å². The van der Waals surface area contributed by atoms with E-state index in [9.17, 15) is 0 Å². The predicted octanol–water partition coefficient (Wildman–Crippen LogP) is 5.72. The first-order valence-electron chi connectivity index (χ1n) is 6.21. The molecule has 0 amide bonds. The second kappa shape index (κ2) is 5.66. The number of halogens is 2. The van der Waals surface area contributed by atoms with Gasteiger partial charge in [-0.15, -0.1) is 0 Å². The van der Waals surface area contributed by atoms with E-state index in [0.717, 1.165) is 22.5 Å². The summed E-state index contributed by atoms with van der Waals surface area (Å²) in [5, 5.41) is 1.35. The van der Waals surface area contributed by atoms with Gasteiger partial charge in [-0.1, -0.05) is 65.7 Å². The molecule has 0 fully saturated rings. The molecule has 1 heterocycles. The van der Waals surface area contributed by atoms with Gasteiger partial charge in [-0.25, -0.2) is 4.98 Å². The lowest BCUT2D eigenvalue weighted by Gasteiger charge is -2.07. The molecule has 2 aromatic carbocycles. The van der Waals surface area contributed by atoms with Crippen molar-refractivity contribution in [3.05, 3.63) is 76.8 Å². The van der Waals surface area contributed by atoms with Crippen molar-refractivity contribution in [1.29, 1.82) is 0 Å². The highest BCUT2D eigenvalue weighted by Gasteiger charge is 2.06. The van der Waals surface area contributed by atoms with Crippen LogP contribution in [0.5, 0.6) is 0 Å². The highest BCUT2D eigenvalue weighted by Crippen LogP contribution is 2.28. The summed E-state index contributed by atoms with van der Waals surface area (Å²) < 4.78 is 0. The molecule has 0 spiro atoms. The van der Waals surface area contributed by atoms with Gasteiger partial charge in [0.15, 0.2) is 0 Å².